The highest BCUT2D eigenvalue weighted by Gasteiger charge is 2.06. The number of nitrogens with one attached hydrogen (secondary N) is 1. The van der Waals surface area contributed by atoms with Crippen LogP contribution in [0, 0.1) is 5.82 Å². The van der Waals surface area contributed by atoms with Gasteiger partial charge >= 0.3 is 0 Å². The fourth-order valence-corrected chi connectivity index (χ4v) is 2.12. The van der Waals surface area contributed by atoms with Crippen LogP contribution in [0.4, 0.5) is 21.6 Å². The van der Waals surface area contributed by atoms with Gasteiger partial charge in [-0.05, 0) is 42.5 Å². The topological polar surface area (TPSA) is 60.2 Å². The monoisotopic (exact) mass is 283 g/mol. The summed E-state index contributed by atoms with van der Waals surface area (Å²) in [6.07, 6.45) is 0. The largest absolute Gasteiger partial charge is 0.494 e. The van der Waals surface area contributed by atoms with Gasteiger partial charge in [-0.3, -0.25) is 0 Å². The Kier molecular flexibility index (Phi) is 3.31. The number of nitrogen functional groups attached to an aromatic ring is 1. The maximum Gasteiger partial charge on any atom is 0.145 e. The second-order valence-corrected chi connectivity index (χ2v) is 4.62. The third kappa shape index (κ3) is 2.72. The maximum absolute atomic E-state index is 13.2. The molecule has 0 aliphatic carbocycles. The molecule has 0 radical (unpaired) electrons. The lowest BCUT2D eigenvalue weighted by atomic mass is 10.2. The van der Waals surface area contributed by atoms with Crippen molar-refractivity contribution in [3.8, 4) is 5.75 Å². The van der Waals surface area contributed by atoms with E-state index in [1.807, 2.05) is 24.3 Å². The Labute approximate surface area is 121 Å². The van der Waals surface area contributed by atoms with E-state index in [1.54, 1.807) is 12.1 Å². The van der Waals surface area contributed by atoms with E-state index in [0.29, 0.717) is 22.9 Å². The first-order chi connectivity index (χ1) is 10.2. The number of benzene rings is 2. The Morgan fingerprint density at radius 1 is 1.10 bits per heavy atom. The predicted octanol–water partition coefficient (Wildman–Crippen LogP) is 3.71. The van der Waals surface area contributed by atoms with Gasteiger partial charge in [-0.25, -0.2) is 9.37 Å². The highest BCUT2D eigenvalue weighted by Crippen LogP contribution is 2.28. The molecule has 1 aromatic heterocycles. The smallest absolute Gasteiger partial charge is 0.145 e. The molecule has 5 heteroatoms. The number of pyridine rings is 1. The van der Waals surface area contributed by atoms with Gasteiger partial charge in [0.1, 0.15) is 17.4 Å². The lowest BCUT2D eigenvalue weighted by Gasteiger charge is -2.11. The summed E-state index contributed by atoms with van der Waals surface area (Å²) in [4.78, 5) is 4.49. The molecule has 106 valence electrons. The Balaban J connectivity index is 1.96. The summed E-state index contributed by atoms with van der Waals surface area (Å²) in [6.45, 7) is 0. The normalized spacial score (nSPS) is 10.6. The van der Waals surface area contributed by atoms with Crippen LogP contribution in [-0.2, 0) is 0 Å². The van der Waals surface area contributed by atoms with Crippen molar-refractivity contribution in [3.05, 3.63) is 54.3 Å². The van der Waals surface area contributed by atoms with Crippen molar-refractivity contribution in [2.24, 2.45) is 0 Å². The van der Waals surface area contributed by atoms with Gasteiger partial charge in [0.2, 0.25) is 0 Å². The second-order valence-electron chi connectivity index (χ2n) is 4.62. The fourth-order valence-electron chi connectivity index (χ4n) is 2.12. The molecule has 0 atom stereocenters. The highest BCUT2D eigenvalue weighted by atomic mass is 19.1. The summed E-state index contributed by atoms with van der Waals surface area (Å²) in [5.74, 6) is 0.728. The molecule has 3 N–H and O–H groups in total. The molecule has 4 nitrogen and oxygen atoms in total. The van der Waals surface area contributed by atoms with Gasteiger partial charge in [-0.1, -0.05) is 0 Å². The number of anilines is 3. The predicted molar refractivity (Wildman–Crippen MR) is 82.4 cm³/mol. The van der Waals surface area contributed by atoms with E-state index < -0.39 is 0 Å². The van der Waals surface area contributed by atoms with Crippen molar-refractivity contribution in [1.82, 2.24) is 4.98 Å². The zero-order chi connectivity index (χ0) is 14.8. The molecule has 0 amide bonds. The Hall–Kier alpha value is -2.82. The minimum Gasteiger partial charge on any atom is -0.494 e. The minimum atomic E-state index is -0.348. The number of nitrogens with zero attached hydrogens (tertiary/aromatic N) is 1. The van der Waals surface area contributed by atoms with Gasteiger partial charge in [-0.2, -0.15) is 0 Å². The number of methoxy groups -OCH3 is 1. The lowest BCUT2D eigenvalue weighted by molar-refractivity contribution is 0.413. The zero-order valence-corrected chi connectivity index (χ0v) is 11.4. The summed E-state index contributed by atoms with van der Waals surface area (Å²) in [5.41, 5.74) is 7.92. The van der Waals surface area contributed by atoms with Crippen molar-refractivity contribution in [3.63, 3.8) is 0 Å². The lowest BCUT2D eigenvalue weighted by Crippen LogP contribution is -1.97. The van der Waals surface area contributed by atoms with E-state index in [-0.39, 0.29) is 5.82 Å². The van der Waals surface area contributed by atoms with Crippen LogP contribution in [-0.4, -0.2) is 12.1 Å². The van der Waals surface area contributed by atoms with Crippen molar-refractivity contribution >= 4 is 28.1 Å². The summed E-state index contributed by atoms with van der Waals surface area (Å²) in [6, 6.07) is 13.6. The molecule has 0 spiro atoms. The maximum atomic E-state index is 13.2. The van der Waals surface area contributed by atoms with Crippen LogP contribution in [0.1, 0.15) is 0 Å². The van der Waals surface area contributed by atoms with Crippen LogP contribution in [0.3, 0.4) is 0 Å². The molecule has 0 saturated carbocycles. The minimum absolute atomic E-state index is 0.348. The van der Waals surface area contributed by atoms with E-state index in [2.05, 4.69) is 10.3 Å². The molecular formula is C16H14FN3O. The molecule has 1 heterocycles. The third-order valence-corrected chi connectivity index (χ3v) is 3.14. The number of hydrogen-bond donors (Lipinski definition) is 2. The average Bonchev–Trinajstić information content (AvgIpc) is 2.49. The fraction of sp³-hybridized carbons (Fsp3) is 0.0625. The van der Waals surface area contributed by atoms with Crippen molar-refractivity contribution in [2.45, 2.75) is 0 Å². The molecule has 0 aliphatic rings. The molecule has 0 saturated heterocycles. The second kappa shape index (κ2) is 5.28. The van der Waals surface area contributed by atoms with E-state index in [4.69, 9.17) is 10.5 Å². The van der Waals surface area contributed by atoms with E-state index in [9.17, 15) is 4.39 Å². The average molecular weight is 283 g/mol. The number of aromatic nitrogens is 1. The van der Waals surface area contributed by atoms with Crippen molar-refractivity contribution in [2.75, 3.05) is 18.2 Å². The Bertz CT molecular complexity index is 805. The van der Waals surface area contributed by atoms with Crippen LogP contribution in [0.25, 0.3) is 10.9 Å². The highest BCUT2D eigenvalue weighted by molar-refractivity contribution is 5.84. The van der Waals surface area contributed by atoms with Crippen LogP contribution in [0.5, 0.6) is 5.75 Å². The van der Waals surface area contributed by atoms with Crippen LogP contribution in [0.15, 0.2) is 48.5 Å². The number of hydrogen-bond acceptors (Lipinski definition) is 4. The molecule has 2 aromatic carbocycles. The van der Waals surface area contributed by atoms with Crippen LogP contribution in [0.2, 0.25) is 0 Å². The first-order valence-corrected chi connectivity index (χ1v) is 6.42. The Morgan fingerprint density at radius 3 is 2.76 bits per heavy atom. The van der Waals surface area contributed by atoms with Gasteiger partial charge in [-0.15, -0.1) is 0 Å². The quantitative estimate of drug-likeness (QED) is 0.719. The third-order valence-electron chi connectivity index (χ3n) is 3.14. The van der Waals surface area contributed by atoms with Gasteiger partial charge in [0.25, 0.3) is 0 Å². The molecule has 3 rings (SSSR count). The number of halogens is 1. The number of fused-ring (bicyclic) bond motifs is 1. The molecule has 0 fully saturated rings. The van der Waals surface area contributed by atoms with Gasteiger partial charge in [0.15, 0.2) is 0 Å². The molecule has 3 aromatic rings. The summed E-state index contributed by atoms with van der Waals surface area (Å²) >= 11 is 0. The molecule has 0 bridgehead atoms. The van der Waals surface area contributed by atoms with Crippen LogP contribution < -0.4 is 15.8 Å². The van der Waals surface area contributed by atoms with Gasteiger partial charge in [0.05, 0.1) is 18.3 Å². The van der Waals surface area contributed by atoms with Crippen LogP contribution >= 0.6 is 0 Å². The zero-order valence-electron chi connectivity index (χ0n) is 11.4. The first-order valence-electron chi connectivity index (χ1n) is 6.42. The SMILES string of the molecule is COc1cc(F)ccc1Nc1ccc2cc(N)ccc2n1. The van der Waals surface area contributed by atoms with E-state index in [1.165, 1.54) is 19.2 Å². The first kappa shape index (κ1) is 13.2. The van der Waals surface area contributed by atoms with E-state index >= 15 is 0 Å². The van der Waals surface area contributed by atoms with Crippen molar-refractivity contribution < 1.29 is 9.13 Å². The molecule has 0 aliphatic heterocycles. The molecule has 0 unspecified atom stereocenters. The molecule has 21 heavy (non-hydrogen) atoms. The number of rotatable bonds is 3. The molecular weight excluding hydrogens is 269 g/mol. The standard InChI is InChI=1S/C16H14FN3O/c1-21-15-9-11(17)3-5-14(15)20-16-7-2-10-8-12(18)4-6-13(10)19-16/h2-9H,18H2,1H3,(H,19,20). The van der Waals surface area contributed by atoms with E-state index in [0.717, 1.165) is 10.9 Å². The van der Waals surface area contributed by atoms with Gasteiger partial charge in [0, 0.05) is 17.1 Å². The summed E-state index contributed by atoms with van der Waals surface area (Å²) in [7, 11) is 1.50. The van der Waals surface area contributed by atoms with Gasteiger partial charge < -0.3 is 15.8 Å². The number of nitrogens with two attached hydrogens (primary N) is 1. The summed E-state index contributed by atoms with van der Waals surface area (Å²) in [5, 5.41) is 4.09. The van der Waals surface area contributed by atoms with Crippen molar-refractivity contribution in [1.29, 1.82) is 0 Å². The Morgan fingerprint density at radius 2 is 1.95 bits per heavy atom. The summed E-state index contributed by atoms with van der Waals surface area (Å²) < 4.78 is 18.3. The number of ether oxygens (including phenoxy) is 1.